The number of ether oxygens (including phenoxy) is 2. The normalized spacial score (nSPS) is 23.8. The lowest BCUT2D eigenvalue weighted by Gasteiger charge is -2.42. The Hall–Kier alpha value is -0.690. The third-order valence-electron chi connectivity index (χ3n) is 4.76. The molecule has 2 heterocycles. The first kappa shape index (κ1) is 16.7. The largest absolute Gasteiger partial charge is 0.379 e. The molecule has 0 spiro atoms. The monoisotopic (exact) mass is 299 g/mol. The molecule has 2 saturated heterocycles. The van der Waals surface area contributed by atoms with Gasteiger partial charge in [-0.2, -0.15) is 0 Å². The Morgan fingerprint density at radius 1 is 1.33 bits per heavy atom. The molecule has 0 unspecified atom stereocenters. The molecule has 2 aliphatic rings. The smallest absolute Gasteiger partial charge is 0.252 e. The van der Waals surface area contributed by atoms with Crippen LogP contribution in [0, 0.1) is 0 Å². The molecule has 0 aromatic rings. The Morgan fingerprint density at radius 3 is 2.52 bits per heavy atom. The van der Waals surface area contributed by atoms with Gasteiger partial charge in [-0.3, -0.25) is 9.69 Å². The van der Waals surface area contributed by atoms with Crippen molar-refractivity contribution in [2.45, 2.75) is 37.8 Å². The Balaban J connectivity index is 1.89. The van der Waals surface area contributed by atoms with Gasteiger partial charge in [0, 0.05) is 32.3 Å². The van der Waals surface area contributed by atoms with E-state index >= 15 is 0 Å². The van der Waals surface area contributed by atoms with Crippen LogP contribution in [0.1, 0.15) is 26.7 Å². The number of nitrogens with zero attached hydrogens (tertiary/aromatic N) is 1. The average Bonchev–Trinajstić information content (AvgIpc) is 2.54. The lowest BCUT2D eigenvalue weighted by molar-refractivity contribution is -0.147. The number of piperidine rings is 1. The summed E-state index contributed by atoms with van der Waals surface area (Å²) >= 11 is 0. The number of nitrogens with one attached hydrogen (secondary N) is 2. The molecule has 2 aliphatic heterocycles. The SMILES string of the molecule is COC1(C(=O)NCC(C)(C)N2CCOCC2)CCNCC1. The number of carbonyl (C=O) groups is 1. The number of carbonyl (C=O) groups excluding carboxylic acids is 1. The van der Waals surface area contributed by atoms with E-state index in [1.165, 1.54) is 0 Å². The summed E-state index contributed by atoms with van der Waals surface area (Å²) in [5.41, 5.74) is -0.729. The van der Waals surface area contributed by atoms with Crippen molar-refractivity contribution in [3.05, 3.63) is 0 Å². The van der Waals surface area contributed by atoms with E-state index in [1.54, 1.807) is 7.11 Å². The second-order valence-corrected chi connectivity index (χ2v) is 6.54. The fraction of sp³-hybridized carbons (Fsp3) is 0.933. The zero-order chi connectivity index (χ0) is 15.3. The second-order valence-electron chi connectivity index (χ2n) is 6.54. The van der Waals surface area contributed by atoms with Crippen LogP contribution in [-0.4, -0.2) is 75.0 Å². The molecule has 6 nitrogen and oxygen atoms in total. The Labute approximate surface area is 127 Å². The van der Waals surface area contributed by atoms with Crippen LogP contribution in [0.4, 0.5) is 0 Å². The molecule has 2 fully saturated rings. The fourth-order valence-corrected chi connectivity index (χ4v) is 3.09. The molecule has 0 radical (unpaired) electrons. The first-order chi connectivity index (χ1) is 10.0. The molecule has 21 heavy (non-hydrogen) atoms. The maximum atomic E-state index is 12.6. The Morgan fingerprint density at radius 2 is 1.95 bits per heavy atom. The van der Waals surface area contributed by atoms with Crippen molar-refractivity contribution in [2.75, 3.05) is 53.0 Å². The molecular weight excluding hydrogens is 270 g/mol. The van der Waals surface area contributed by atoms with Crippen molar-refractivity contribution in [2.24, 2.45) is 0 Å². The number of hydrogen-bond donors (Lipinski definition) is 2. The van der Waals surface area contributed by atoms with E-state index in [1.807, 2.05) is 0 Å². The van der Waals surface area contributed by atoms with E-state index in [2.05, 4.69) is 29.4 Å². The van der Waals surface area contributed by atoms with Gasteiger partial charge >= 0.3 is 0 Å². The van der Waals surface area contributed by atoms with Crippen LogP contribution in [0.15, 0.2) is 0 Å². The van der Waals surface area contributed by atoms with Crippen molar-refractivity contribution in [3.63, 3.8) is 0 Å². The van der Waals surface area contributed by atoms with Crippen LogP contribution in [0.3, 0.4) is 0 Å². The predicted octanol–water partition coefficient (Wildman–Crippen LogP) is -0.0180. The van der Waals surface area contributed by atoms with Crippen LogP contribution in [-0.2, 0) is 14.3 Å². The maximum Gasteiger partial charge on any atom is 0.252 e. The van der Waals surface area contributed by atoms with Gasteiger partial charge < -0.3 is 20.1 Å². The summed E-state index contributed by atoms with van der Waals surface area (Å²) in [6.45, 7) is 9.99. The molecule has 0 aliphatic carbocycles. The van der Waals surface area contributed by atoms with E-state index in [0.29, 0.717) is 6.54 Å². The zero-order valence-corrected chi connectivity index (χ0v) is 13.5. The maximum absolute atomic E-state index is 12.6. The molecule has 1 amide bonds. The second kappa shape index (κ2) is 7.05. The number of morpholine rings is 1. The van der Waals surface area contributed by atoms with Gasteiger partial charge in [-0.1, -0.05) is 0 Å². The number of rotatable bonds is 5. The highest BCUT2D eigenvalue weighted by atomic mass is 16.5. The van der Waals surface area contributed by atoms with E-state index in [4.69, 9.17) is 9.47 Å². The highest BCUT2D eigenvalue weighted by Gasteiger charge is 2.40. The topological polar surface area (TPSA) is 62.8 Å². The molecular formula is C15H29N3O3. The Bertz CT molecular complexity index is 348. The van der Waals surface area contributed by atoms with Gasteiger partial charge in [-0.15, -0.1) is 0 Å². The van der Waals surface area contributed by atoms with Crippen LogP contribution < -0.4 is 10.6 Å². The molecule has 2 N–H and O–H groups in total. The molecule has 0 aromatic carbocycles. The summed E-state index contributed by atoms with van der Waals surface area (Å²) in [5.74, 6) is 0.0211. The Kier molecular flexibility index (Phi) is 5.60. The minimum Gasteiger partial charge on any atom is -0.379 e. The van der Waals surface area contributed by atoms with Crippen molar-refractivity contribution < 1.29 is 14.3 Å². The van der Waals surface area contributed by atoms with E-state index in [-0.39, 0.29) is 11.4 Å². The molecule has 2 rings (SSSR count). The van der Waals surface area contributed by atoms with Gasteiger partial charge in [-0.25, -0.2) is 0 Å². The molecule has 0 aromatic heterocycles. The van der Waals surface area contributed by atoms with Crippen molar-refractivity contribution >= 4 is 5.91 Å². The van der Waals surface area contributed by atoms with Crippen LogP contribution in [0.2, 0.25) is 0 Å². The average molecular weight is 299 g/mol. The van der Waals surface area contributed by atoms with Gasteiger partial charge in [0.2, 0.25) is 0 Å². The van der Waals surface area contributed by atoms with Crippen LogP contribution in [0.5, 0.6) is 0 Å². The fourth-order valence-electron chi connectivity index (χ4n) is 3.09. The molecule has 0 atom stereocenters. The van der Waals surface area contributed by atoms with Gasteiger partial charge in [-0.05, 0) is 39.8 Å². The van der Waals surface area contributed by atoms with Gasteiger partial charge in [0.15, 0.2) is 0 Å². The minimum atomic E-state index is -0.660. The van der Waals surface area contributed by atoms with Crippen molar-refractivity contribution in [3.8, 4) is 0 Å². The molecule has 0 saturated carbocycles. The zero-order valence-electron chi connectivity index (χ0n) is 13.5. The lowest BCUT2D eigenvalue weighted by atomic mass is 9.90. The summed E-state index contributed by atoms with van der Waals surface area (Å²) in [7, 11) is 1.64. The van der Waals surface area contributed by atoms with Crippen molar-refractivity contribution in [1.29, 1.82) is 0 Å². The molecule has 0 bridgehead atoms. The number of hydrogen-bond acceptors (Lipinski definition) is 5. The van der Waals surface area contributed by atoms with E-state index in [0.717, 1.165) is 52.2 Å². The number of methoxy groups -OCH3 is 1. The van der Waals surface area contributed by atoms with Crippen LogP contribution in [0.25, 0.3) is 0 Å². The summed E-state index contributed by atoms with van der Waals surface area (Å²) in [6.07, 6.45) is 1.46. The first-order valence-electron chi connectivity index (χ1n) is 7.87. The highest BCUT2D eigenvalue weighted by molar-refractivity contribution is 5.85. The van der Waals surface area contributed by atoms with Gasteiger partial charge in [0.1, 0.15) is 5.60 Å². The summed E-state index contributed by atoms with van der Waals surface area (Å²) in [5, 5.41) is 6.38. The quantitative estimate of drug-likeness (QED) is 0.747. The van der Waals surface area contributed by atoms with Crippen molar-refractivity contribution in [1.82, 2.24) is 15.5 Å². The lowest BCUT2D eigenvalue weighted by Crippen LogP contribution is -2.59. The number of amides is 1. The summed E-state index contributed by atoms with van der Waals surface area (Å²) < 4.78 is 11.0. The summed E-state index contributed by atoms with van der Waals surface area (Å²) in [6, 6.07) is 0. The minimum absolute atomic E-state index is 0.0211. The predicted molar refractivity (Wildman–Crippen MR) is 81.3 cm³/mol. The van der Waals surface area contributed by atoms with E-state index in [9.17, 15) is 4.79 Å². The molecule has 6 heteroatoms. The standard InChI is InChI=1S/C15H29N3O3/c1-14(2,18-8-10-21-11-9-18)12-17-13(19)15(20-3)4-6-16-7-5-15/h16H,4-12H2,1-3H3,(H,17,19). The van der Waals surface area contributed by atoms with E-state index < -0.39 is 5.60 Å². The van der Waals surface area contributed by atoms with Gasteiger partial charge in [0.05, 0.1) is 13.2 Å². The third kappa shape index (κ3) is 3.94. The first-order valence-corrected chi connectivity index (χ1v) is 7.87. The summed E-state index contributed by atoms with van der Waals surface area (Å²) in [4.78, 5) is 14.9. The third-order valence-corrected chi connectivity index (χ3v) is 4.76. The van der Waals surface area contributed by atoms with Gasteiger partial charge in [0.25, 0.3) is 5.91 Å². The highest BCUT2D eigenvalue weighted by Crippen LogP contribution is 2.23. The molecule has 122 valence electrons. The van der Waals surface area contributed by atoms with Crippen LogP contribution >= 0.6 is 0 Å².